The number of nitrogens with one attached hydrogen (secondary N) is 2. The molecule has 0 atom stereocenters. The Morgan fingerprint density at radius 2 is 1.91 bits per heavy atom. The summed E-state index contributed by atoms with van der Waals surface area (Å²) in [7, 11) is 3.07. The van der Waals surface area contributed by atoms with Crippen LogP contribution in [0.15, 0.2) is 30.6 Å². The van der Waals surface area contributed by atoms with Gasteiger partial charge in [0, 0.05) is 37.9 Å². The number of pyridine rings is 1. The third-order valence-electron chi connectivity index (χ3n) is 5.76. The molecule has 176 valence electrons. The van der Waals surface area contributed by atoms with E-state index in [0.717, 1.165) is 48.8 Å². The lowest BCUT2D eigenvalue weighted by molar-refractivity contribution is 0.0994. The number of piperazine rings is 1. The number of ether oxygens (including phenoxy) is 2. The second-order valence-corrected chi connectivity index (χ2v) is 8.69. The minimum atomic E-state index is -0.402. The molecule has 2 aliphatic rings. The molecule has 11 nitrogen and oxygen atoms in total. The number of carbonyl (C=O) groups excluding carboxylic acids is 2. The Morgan fingerprint density at radius 1 is 1.15 bits per heavy atom. The third-order valence-corrected chi connectivity index (χ3v) is 6.70. The van der Waals surface area contributed by atoms with Crippen LogP contribution >= 0.6 is 11.3 Å². The third kappa shape index (κ3) is 4.01. The Hall–Kier alpha value is -3.77. The minimum Gasteiger partial charge on any atom is -0.493 e. The molecule has 1 aromatic carbocycles. The maximum atomic E-state index is 13.0. The number of carbonyl (C=O) groups is 2. The molecule has 2 amide bonds. The number of anilines is 3. The summed E-state index contributed by atoms with van der Waals surface area (Å²) >= 11 is 1.06. The van der Waals surface area contributed by atoms with Gasteiger partial charge in [-0.2, -0.15) is 0 Å². The van der Waals surface area contributed by atoms with E-state index in [0.29, 0.717) is 34.4 Å². The highest BCUT2D eigenvalue weighted by atomic mass is 32.1. The fourth-order valence-corrected chi connectivity index (χ4v) is 4.79. The van der Waals surface area contributed by atoms with E-state index in [9.17, 15) is 9.59 Å². The number of hydrogen-bond donors (Lipinski definition) is 2. The van der Waals surface area contributed by atoms with Crippen LogP contribution in [0, 0.1) is 0 Å². The second-order valence-electron chi connectivity index (χ2n) is 7.73. The van der Waals surface area contributed by atoms with Crippen molar-refractivity contribution in [3.05, 3.63) is 46.7 Å². The second kappa shape index (κ2) is 9.23. The number of rotatable bonds is 6. The van der Waals surface area contributed by atoms with Gasteiger partial charge in [0.1, 0.15) is 0 Å². The lowest BCUT2D eigenvalue weighted by Crippen LogP contribution is -2.43. The van der Waals surface area contributed by atoms with Crippen LogP contribution in [0.5, 0.6) is 11.5 Å². The van der Waals surface area contributed by atoms with Crippen molar-refractivity contribution in [1.29, 1.82) is 0 Å². The molecule has 34 heavy (non-hydrogen) atoms. The molecule has 2 aliphatic heterocycles. The quantitative estimate of drug-likeness (QED) is 0.542. The van der Waals surface area contributed by atoms with E-state index in [1.807, 2.05) is 6.07 Å². The topological polar surface area (TPSA) is 122 Å². The number of nitrogens with zero attached hydrogens (tertiary/aromatic N) is 5. The normalized spacial score (nSPS) is 15.3. The van der Waals surface area contributed by atoms with Gasteiger partial charge in [-0.25, -0.2) is 0 Å². The van der Waals surface area contributed by atoms with E-state index in [2.05, 4.69) is 30.7 Å². The van der Waals surface area contributed by atoms with Gasteiger partial charge in [0.15, 0.2) is 11.5 Å². The van der Waals surface area contributed by atoms with Gasteiger partial charge in [0.05, 0.1) is 38.3 Å². The molecule has 1 saturated heterocycles. The van der Waals surface area contributed by atoms with Crippen molar-refractivity contribution in [3.8, 4) is 11.5 Å². The van der Waals surface area contributed by atoms with Gasteiger partial charge in [-0.15, -0.1) is 10.2 Å². The lowest BCUT2D eigenvalue weighted by atomic mass is 10.1. The zero-order valence-corrected chi connectivity index (χ0v) is 19.5. The van der Waals surface area contributed by atoms with Gasteiger partial charge in [-0.3, -0.25) is 19.5 Å². The van der Waals surface area contributed by atoms with Crippen molar-refractivity contribution >= 4 is 39.7 Å². The van der Waals surface area contributed by atoms with E-state index in [4.69, 9.17) is 9.47 Å². The summed E-state index contributed by atoms with van der Waals surface area (Å²) in [4.78, 5) is 33.8. The predicted octanol–water partition coefficient (Wildman–Crippen LogP) is 1.77. The molecule has 0 unspecified atom stereocenters. The SMILES string of the molecule is COc1cc2c(cc1OC)C(=O)N(c1nnc(C(=O)Nc3cnccc3N3CCNCC3)s1)C2. The van der Waals surface area contributed by atoms with Crippen molar-refractivity contribution in [3.63, 3.8) is 0 Å². The fraction of sp³-hybridized carbons (Fsp3) is 0.318. The monoisotopic (exact) mass is 481 g/mol. The summed E-state index contributed by atoms with van der Waals surface area (Å²) in [5, 5.41) is 14.9. The number of amides is 2. The van der Waals surface area contributed by atoms with E-state index in [-0.39, 0.29) is 10.9 Å². The Kier molecular flexibility index (Phi) is 5.99. The van der Waals surface area contributed by atoms with Crippen LogP contribution in [0.25, 0.3) is 0 Å². The van der Waals surface area contributed by atoms with E-state index >= 15 is 0 Å². The molecule has 2 aromatic heterocycles. The van der Waals surface area contributed by atoms with Crippen molar-refractivity contribution in [2.24, 2.45) is 0 Å². The molecule has 0 spiro atoms. The van der Waals surface area contributed by atoms with Crippen LogP contribution in [-0.2, 0) is 6.54 Å². The molecule has 0 radical (unpaired) electrons. The number of benzene rings is 1. The Balaban J connectivity index is 1.34. The van der Waals surface area contributed by atoms with Gasteiger partial charge < -0.3 is 25.0 Å². The first-order chi connectivity index (χ1) is 16.6. The molecule has 1 fully saturated rings. The summed E-state index contributed by atoms with van der Waals surface area (Å²) in [6.45, 7) is 3.73. The molecular formula is C22H23N7O4S. The maximum Gasteiger partial charge on any atom is 0.286 e. The van der Waals surface area contributed by atoms with Crippen molar-refractivity contribution < 1.29 is 19.1 Å². The van der Waals surface area contributed by atoms with Gasteiger partial charge in [0.2, 0.25) is 10.1 Å². The fourth-order valence-electron chi connectivity index (χ4n) is 4.05. The highest BCUT2D eigenvalue weighted by molar-refractivity contribution is 7.17. The van der Waals surface area contributed by atoms with Crippen molar-refractivity contribution in [1.82, 2.24) is 20.5 Å². The molecule has 5 rings (SSSR count). The molecule has 0 aliphatic carbocycles. The zero-order chi connectivity index (χ0) is 23.7. The van der Waals surface area contributed by atoms with Crippen LogP contribution in [-0.4, -0.2) is 67.4 Å². The lowest BCUT2D eigenvalue weighted by Gasteiger charge is -2.30. The van der Waals surface area contributed by atoms with Crippen molar-refractivity contribution in [2.45, 2.75) is 6.54 Å². The first-order valence-electron chi connectivity index (χ1n) is 10.7. The van der Waals surface area contributed by atoms with Crippen molar-refractivity contribution in [2.75, 3.05) is 55.5 Å². The largest absolute Gasteiger partial charge is 0.493 e. The minimum absolute atomic E-state index is 0.157. The van der Waals surface area contributed by atoms with Gasteiger partial charge in [0.25, 0.3) is 11.8 Å². The highest BCUT2D eigenvalue weighted by Gasteiger charge is 2.33. The highest BCUT2D eigenvalue weighted by Crippen LogP contribution is 2.37. The van der Waals surface area contributed by atoms with Crippen LogP contribution in [0.1, 0.15) is 25.7 Å². The van der Waals surface area contributed by atoms with Crippen LogP contribution < -0.4 is 29.9 Å². The maximum absolute atomic E-state index is 13.0. The smallest absolute Gasteiger partial charge is 0.286 e. The van der Waals surface area contributed by atoms with Crippen LogP contribution in [0.4, 0.5) is 16.5 Å². The molecule has 3 aromatic rings. The van der Waals surface area contributed by atoms with Crippen LogP contribution in [0.2, 0.25) is 0 Å². The average molecular weight is 482 g/mol. The zero-order valence-electron chi connectivity index (χ0n) is 18.7. The predicted molar refractivity (Wildman–Crippen MR) is 127 cm³/mol. The standard InChI is InChI=1S/C22H23N7O4S/c1-32-17-9-13-12-29(21(31)14(13)10-18(17)33-2)22-27-26-20(34-22)19(30)25-15-11-24-4-3-16(15)28-7-5-23-6-8-28/h3-4,9-11,23H,5-8,12H2,1-2H3,(H,25,30). The molecule has 2 N–H and O–H groups in total. The first kappa shape index (κ1) is 22.0. The molecular weight excluding hydrogens is 458 g/mol. The summed E-state index contributed by atoms with van der Waals surface area (Å²) in [5.74, 6) is 0.392. The molecule has 12 heteroatoms. The Morgan fingerprint density at radius 3 is 2.68 bits per heavy atom. The van der Waals surface area contributed by atoms with Crippen LogP contribution in [0.3, 0.4) is 0 Å². The van der Waals surface area contributed by atoms with Gasteiger partial charge in [-0.05, 0) is 23.8 Å². The Labute approximate surface area is 199 Å². The molecule has 0 saturated carbocycles. The summed E-state index contributed by atoms with van der Waals surface area (Å²) in [6, 6.07) is 5.32. The Bertz CT molecular complexity index is 1240. The number of fused-ring (bicyclic) bond motifs is 1. The number of hydrogen-bond acceptors (Lipinski definition) is 10. The van der Waals surface area contributed by atoms with E-state index < -0.39 is 5.91 Å². The van der Waals surface area contributed by atoms with Gasteiger partial charge >= 0.3 is 0 Å². The summed E-state index contributed by atoms with van der Waals surface area (Å²) in [5.41, 5.74) is 2.81. The summed E-state index contributed by atoms with van der Waals surface area (Å²) < 4.78 is 10.6. The first-order valence-corrected chi connectivity index (χ1v) is 11.5. The molecule has 0 bridgehead atoms. The van der Waals surface area contributed by atoms with E-state index in [1.165, 1.54) is 12.0 Å². The molecule has 4 heterocycles. The number of methoxy groups -OCH3 is 2. The van der Waals surface area contributed by atoms with E-state index in [1.54, 1.807) is 31.6 Å². The number of aromatic nitrogens is 3. The summed E-state index contributed by atoms with van der Waals surface area (Å²) in [6.07, 6.45) is 3.33. The average Bonchev–Trinajstić information content (AvgIpc) is 3.49. The van der Waals surface area contributed by atoms with Gasteiger partial charge in [-0.1, -0.05) is 11.3 Å².